The third kappa shape index (κ3) is 2.44. The first kappa shape index (κ1) is 14.6. The smallest absolute Gasteiger partial charge is 0.243 e. The van der Waals surface area contributed by atoms with Gasteiger partial charge in [0.1, 0.15) is 11.8 Å². The molecule has 4 N–H and O–H groups in total. The number of benzene rings is 1. The summed E-state index contributed by atoms with van der Waals surface area (Å²) in [4.78, 5) is 11.4. The fourth-order valence-electron chi connectivity index (χ4n) is 2.30. The van der Waals surface area contributed by atoms with Crippen molar-refractivity contribution in [1.29, 1.82) is 0 Å². The number of carbonyl (C=O) groups is 1. The summed E-state index contributed by atoms with van der Waals surface area (Å²) in [7, 11) is -2.38. The van der Waals surface area contributed by atoms with Gasteiger partial charge in [0.15, 0.2) is 0 Å². The van der Waals surface area contributed by atoms with E-state index >= 15 is 0 Å². The lowest BCUT2D eigenvalue weighted by molar-refractivity contribution is -0.121. The highest BCUT2D eigenvalue weighted by molar-refractivity contribution is 7.89. The molecular weight excluding hydrogens is 282 g/mol. The van der Waals surface area contributed by atoms with Crippen molar-refractivity contribution in [1.82, 2.24) is 4.31 Å². The summed E-state index contributed by atoms with van der Waals surface area (Å²) < 4.78 is 31.3. The predicted octanol–water partition coefficient (Wildman–Crippen LogP) is -0.0842. The molecule has 0 spiro atoms. The average molecular weight is 299 g/mol. The van der Waals surface area contributed by atoms with Crippen LogP contribution in [0.4, 0.5) is 5.69 Å². The number of methoxy groups -OCH3 is 1. The maximum atomic E-state index is 12.6. The normalized spacial score (nSPS) is 19.9. The maximum Gasteiger partial charge on any atom is 0.243 e. The van der Waals surface area contributed by atoms with Crippen molar-refractivity contribution in [2.24, 2.45) is 5.73 Å². The van der Waals surface area contributed by atoms with E-state index in [1.54, 1.807) is 0 Å². The summed E-state index contributed by atoms with van der Waals surface area (Å²) in [6, 6.07) is 3.41. The Balaban J connectivity index is 2.42. The van der Waals surface area contributed by atoms with Gasteiger partial charge < -0.3 is 16.2 Å². The first-order chi connectivity index (χ1) is 9.37. The van der Waals surface area contributed by atoms with E-state index in [0.717, 1.165) is 4.31 Å². The summed E-state index contributed by atoms with van der Waals surface area (Å²) in [5.41, 5.74) is 11.3. The van der Waals surface area contributed by atoms with Crippen molar-refractivity contribution in [2.75, 3.05) is 19.4 Å². The first-order valence-electron chi connectivity index (χ1n) is 6.12. The van der Waals surface area contributed by atoms with Crippen LogP contribution in [0.2, 0.25) is 0 Å². The zero-order chi connectivity index (χ0) is 14.9. The van der Waals surface area contributed by atoms with Crippen LogP contribution in [0.5, 0.6) is 5.75 Å². The Morgan fingerprint density at radius 3 is 2.75 bits per heavy atom. The number of sulfonamides is 1. The Hall–Kier alpha value is -1.80. The zero-order valence-corrected chi connectivity index (χ0v) is 11.9. The Morgan fingerprint density at radius 1 is 1.45 bits per heavy atom. The van der Waals surface area contributed by atoms with Crippen LogP contribution in [0, 0.1) is 0 Å². The molecule has 0 aliphatic carbocycles. The third-order valence-electron chi connectivity index (χ3n) is 3.34. The third-order valence-corrected chi connectivity index (χ3v) is 5.25. The van der Waals surface area contributed by atoms with Gasteiger partial charge in [-0.25, -0.2) is 8.42 Å². The van der Waals surface area contributed by atoms with Crippen molar-refractivity contribution in [3.63, 3.8) is 0 Å². The van der Waals surface area contributed by atoms with Crippen molar-refractivity contribution in [3.8, 4) is 5.75 Å². The lowest BCUT2D eigenvalue weighted by Crippen LogP contribution is -2.43. The van der Waals surface area contributed by atoms with E-state index in [-0.39, 0.29) is 17.2 Å². The van der Waals surface area contributed by atoms with Crippen LogP contribution >= 0.6 is 0 Å². The summed E-state index contributed by atoms with van der Waals surface area (Å²) >= 11 is 0. The number of nitrogens with two attached hydrogens (primary N) is 2. The van der Waals surface area contributed by atoms with Crippen LogP contribution in [0.15, 0.2) is 23.1 Å². The summed E-state index contributed by atoms with van der Waals surface area (Å²) in [6.45, 7) is 0.280. The first-order valence-corrected chi connectivity index (χ1v) is 7.56. The van der Waals surface area contributed by atoms with Crippen molar-refractivity contribution in [3.05, 3.63) is 18.2 Å². The molecule has 1 amide bonds. The number of carbonyl (C=O) groups excluding carboxylic acids is 1. The highest BCUT2D eigenvalue weighted by Gasteiger charge is 2.38. The standard InChI is InChI=1S/C12H17N3O4S/c1-19-11-7-8(4-5-9(11)13)20(17,18)15-6-2-3-10(15)12(14)16/h4-5,7,10H,2-3,6,13H2,1H3,(H2,14,16). The fourth-order valence-corrected chi connectivity index (χ4v) is 3.98. The van der Waals surface area contributed by atoms with Crippen LogP contribution in [-0.2, 0) is 14.8 Å². The van der Waals surface area contributed by atoms with E-state index in [4.69, 9.17) is 16.2 Å². The molecule has 1 aliphatic heterocycles. The second-order valence-electron chi connectivity index (χ2n) is 4.58. The number of amides is 1. The minimum Gasteiger partial charge on any atom is -0.495 e. The van der Waals surface area contributed by atoms with E-state index in [1.807, 2.05) is 0 Å². The SMILES string of the molecule is COc1cc(S(=O)(=O)N2CCCC2C(N)=O)ccc1N. The van der Waals surface area contributed by atoms with E-state index in [0.29, 0.717) is 18.5 Å². The average Bonchev–Trinajstić information content (AvgIpc) is 2.89. The van der Waals surface area contributed by atoms with Gasteiger partial charge >= 0.3 is 0 Å². The largest absolute Gasteiger partial charge is 0.495 e. The van der Waals surface area contributed by atoms with E-state index in [9.17, 15) is 13.2 Å². The minimum atomic E-state index is -3.79. The molecule has 1 atom stereocenters. The molecule has 2 rings (SSSR count). The highest BCUT2D eigenvalue weighted by Crippen LogP contribution is 2.30. The molecule has 1 unspecified atom stereocenters. The van der Waals surface area contributed by atoms with Gasteiger partial charge in [-0.2, -0.15) is 4.31 Å². The molecule has 1 fully saturated rings. The fraction of sp³-hybridized carbons (Fsp3) is 0.417. The number of hydrogen-bond donors (Lipinski definition) is 2. The van der Waals surface area contributed by atoms with Gasteiger partial charge in [-0.15, -0.1) is 0 Å². The Kier molecular flexibility index (Phi) is 3.87. The lowest BCUT2D eigenvalue weighted by atomic mass is 10.2. The molecule has 1 heterocycles. The van der Waals surface area contributed by atoms with Crippen LogP contribution in [0.1, 0.15) is 12.8 Å². The second kappa shape index (κ2) is 5.29. The molecule has 20 heavy (non-hydrogen) atoms. The Morgan fingerprint density at radius 2 is 2.15 bits per heavy atom. The molecule has 1 saturated heterocycles. The van der Waals surface area contributed by atoms with E-state index in [2.05, 4.69) is 0 Å². The molecule has 0 aromatic heterocycles. The van der Waals surface area contributed by atoms with Gasteiger partial charge in [0.2, 0.25) is 15.9 Å². The number of ether oxygens (including phenoxy) is 1. The van der Waals surface area contributed by atoms with Gasteiger partial charge in [0.05, 0.1) is 17.7 Å². The Labute approximate surface area is 117 Å². The molecule has 8 heteroatoms. The van der Waals surface area contributed by atoms with Crippen LogP contribution in [0.25, 0.3) is 0 Å². The molecule has 0 bridgehead atoms. The number of nitrogens with zero attached hydrogens (tertiary/aromatic N) is 1. The highest BCUT2D eigenvalue weighted by atomic mass is 32.2. The monoisotopic (exact) mass is 299 g/mol. The topological polar surface area (TPSA) is 116 Å². The molecule has 1 aromatic rings. The van der Waals surface area contributed by atoms with Gasteiger partial charge in [-0.3, -0.25) is 4.79 Å². The molecule has 110 valence electrons. The minimum absolute atomic E-state index is 0.0386. The van der Waals surface area contributed by atoms with Crippen LogP contribution < -0.4 is 16.2 Å². The molecule has 1 aromatic carbocycles. The van der Waals surface area contributed by atoms with Gasteiger partial charge in [-0.05, 0) is 25.0 Å². The van der Waals surface area contributed by atoms with Gasteiger partial charge in [0, 0.05) is 12.6 Å². The summed E-state index contributed by atoms with van der Waals surface area (Å²) in [5, 5.41) is 0. The molecular formula is C12H17N3O4S. The predicted molar refractivity (Wildman–Crippen MR) is 73.5 cm³/mol. The Bertz CT molecular complexity index is 630. The summed E-state index contributed by atoms with van der Waals surface area (Å²) in [6.07, 6.45) is 1.06. The number of anilines is 1. The second-order valence-corrected chi connectivity index (χ2v) is 6.47. The molecule has 0 saturated carbocycles. The number of hydrogen-bond acceptors (Lipinski definition) is 5. The number of nitrogen functional groups attached to an aromatic ring is 1. The summed E-state index contributed by atoms with van der Waals surface area (Å²) in [5.74, 6) is -0.352. The zero-order valence-electron chi connectivity index (χ0n) is 11.1. The molecule has 7 nitrogen and oxygen atoms in total. The quantitative estimate of drug-likeness (QED) is 0.754. The van der Waals surface area contributed by atoms with Gasteiger partial charge in [-0.1, -0.05) is 0 Å². The lowest BCUT2D eigenvalue weighted by Gasteiger charge is -2.22. The van der Waals surface area contributed by atoms with Crippen LogP contribution in [-0.4, -0.2) is 38.3 Å². The molecule has 1 aliphatic rings. The van der Waals surface area contributed by atoms with Crippen molar-refractivity contribution >= 4 is 21.6 Å². The number of primary amides is 1. The van der Waals surface area contributed by atoms with Crippen molar-refractivity contribution < 1.29 is 17.9 Å². The van der Waals surface area contributed by atoms with Crippen LogP contribution in [0.3, 0.4) is 0 Å². The van der Waals surface area contributed by atoms with Gasteiger partial charge in [0.25, 0.3) is 0 Å². The maximum absolute atomic E-state index is 12.6. The molecule has 0 radical (unpaired) electrons. The van der Waals surface area contributed by atoms with E-state index < -0.39 is 22.0 Å². The number of rotatable bonds is 4. The van der Waals surface area contributed by atoms with Crippen molar-refractivity contribution in [2.45, 2.75) is 23.8 Å². The van der Waals surface area contributed by atoms with E-state index in [1.165, 1.54) is 25.3 Å².